The molecule has 8 aromatic rings. The molecule has 0 radical (unpaired) electrons. The van der Waals surface area contributed by atoms with Gasteiger partial charge in [0.1, 0.15) is 0 Å². The summed E-state index contributed by atoms with van der Waals surface area (Å²) in [6, 6.07) is 59.4. The molecule has 0 aliphatic carbocycles. The Bertz CT molecular complexity index is 2590. The maximum absolute atomic E-state index is 5.40. The van der Waals surface area contributed by atoms with Crippen molar-refractivity contribution in [2.75, 3.05) is 9.80 Å². The van der Waals surface area contributed by atoms with E-state index in [0.717, 1.165) is 23.0 Å². The minimum Gasteiger partial charge on any atom is -0.300 e. The van der Waals surface area contributed by atoms with Gasteiger partial charge in [-0.1, -0.05) is 146 Å². The molecule has 0 bridgehead atoms. The summed E-state index contributed by atoms with van der Waals surface area (Å²) in [6.45, 7) is 4.62. The normalized spacial score (nSPS) is 14.5. The highest BCUT2D eigenvalue weighted by atomic mass is 15.5. The Morgan fingerprint density at radius 3 is 1.76 bits per heavy atom. The molecule has 0 fully saturated rings. The van der Waals surface area contributed by atoms with E-state index in [0.29, 0.717) is 0 Å². The van der Waals surface area contributed by atoms with Crippen molar-refractivity contribution in [3.05, 3.63) is 169 Å². The largest absolute Gasteiger partial charge is 0.300 e. The molecule has 2 aliphatic rings. The average Bonchev–Trinajstić information content (AvgIpc) is 3.48. The quantitative estimate of drug-likeness (QED) is 0.182. The van der Waals surface area contributed by atoms with Gasteiger partial charge in [-0.25, -0.2) is 4.99 Å². The van der Waals surface area contributed by atoms with Gasteiger partial charge < -0.3 is 0 Å². The highest BCUT2D eigenvalue weighted by Crippen LogP contribution is 2.55. The van der Waals surface area contributed by atoms with Gasteiger partial charge in [-0.3, -0.25) is 9.80 Å². The number of hydrogen-bond acceptors (Lipinski definition) is 3. The zero-order valence-corrected chi connectivity index (χ0v) is 27.4. The summed E-state index contributed by atoms with van der Waals surface area (Å²) in [7, 11) is 0. The van der Waals surface area contributed by atoms with Crippen LogP contribution in [0.3, 0.4) is 0 Å². The molecular formula is C46H33N3. The molecule has 3 nitrogen and oxygen atoms in total. The number of rotatable bonds is 3. The van der Waals surface area contributed by atoms with Crippen LogP contribution >= 0.6 is 0 Å². The maximum atomic E-state index is 5.40. The Labute approximate surface area is 286 Å². The fourth-order valence-corrected chi connectivity index (χ4v) is 8.30. The molecule has 232 valence electrons. The third kappa shape index (κ3) is 3.99. The standard InChI is InChI=1S/C46H33N3/c1-46(2)39-22-9-10-23-40(39)47-45-48(41-24-11-12-25-42(41)49(45)46)44-37-19-7-5-17-35(37)43(36-18-6-8-20-38(36)44)32-28-26-31(27-29-32)34-21-13-15-30-14-3-4-16-33(30)34/h3-29H,1-2H3. The van der Waals surface area contributed by atoms with Crippen LogP contribution in [0, 0.1) is 0 Å². The Balaban J connectivity index is 1.22. The number of para-hydroxylation sites is 3. The van der Waals surface area contributed by atoms with E-state index in [9.17, 15) is 0 Å². The molecule has 2 heterocycles. The molecule has 10 rings (SSSR count). The maximum Gasteiger partial charge on any atom is 0.216 e. The van der Waals surface area contributed by atoms with E-state index >= 15 is 0 Å². The second-order valence-electron chi connectivity index (χ2n) is 13.6. The Morgan fingerprint density at radius 1 is 0.469 bits per heavy atom. The monoisotopic (exact) mass is 627 g/mol. The topological polar surface area (TPSA) is 18.8 Å². The third-order valence-corrected chi connectivity index (χ3v) is 10.5. The zero-order valence-electron chi connectivity index (χ0n) is 27.4. The van der Waals surface area contributed by atoms with Gasteiger partial charge in [0.2, 0.25) is 5.96 Å². The molecule has 0 atom stereocenters. The first kappa shape index (κ1) is 27.9. The Hall–Kier alpha value is -6.19. The van der Waals surface area contributed by atoms with Gasteiger partial charge in [-0.2, -0.15) is 0 Å². The molecule has 0 saturated heterocycles. The zero-order chi connectivity index (χ0) is 32.7. The lowest BCUT2D eigenvalue weighted by atomic mass is 9.88. The van der Waals surface area contributed by atoms with Gasteiger partial charge in [0.15, 0.2) is 0 Å². The smallest absolute Gasteiger partial charge is 0.216 e. The second kappa shape index (κ2) is 10.4. The summed E-state index contributed by atoms with van der Waals surface area (Å²) in [6.07, 6.45) is 0. The third-order valence-electron chi connectivity index (χ3n) is 10.5. The SMILES string of the molecule is CC1(C)c2ccccc2N=C2N(c3c4ccccc4c(-c4ccc(-c5cccc6ccccc56)cc4)c4ccccc34)c3ccccc3N21. The minimum atomic E-state index is -0.296. The fourth-order valence-electron chi connectivity index (χ4n) is 8.30. The van der Waals surface area contributed by atoms with E-state index in [2.05, 4.69) is 187 Å². The van der Waals surface area contributed by atoms with E-state index < -0.39 is 0 Å². The summed E-state index contributed by atoms with van der Waals surface area (Å²) in [5.74, 6) is 0.937. The predicted molar refractivity (Wildman–Crippen MR) is 207 cm³/mol. The van der Waals surface area contributed by atoms with Crippen LogP contribution in [0.25, 0.3) is 54.6 Å². The number of benzene rings is 8. The number of anilines is 3. The van der Waals surface area contributed by atoms with E-state index in [1.165, 1.54) is 65.8 Å². The van der Waals surface area contributed by atoms with Crippen molar-refractivity contribution in [3.8, 4) is 22.3 Å². The van der Waals surface area contributed by atoms with Crippen LogP contribution in [0.1, 0.15) is 19.4 Å². The molecule has 0 saturated carbocycles. The van der Waals surface area contributed by atoms with E-state index in [1.54, 1.807) is 0 Å². The molecule has 2 aliphatic heterocycles. The minimum absolute atomic E-state index is 0.296. The van der Waals surface area contributed by atoms with Crippen LogP contribution < -0.4 is 9.80 Å². The number of aliphatic imine (C=N–C) groups is 1. The van der Waals surface area contributed by atoms with Crippen LogP contribution in [-0.2, 0) is 5.54 Å². The summed E-state index contributed by atoms with van der Waals surface area (Å²) < 4.78 is 0. The van der Waals surface area contributed by atoms with Gasteiger partial charge in [0.05, 0.1) is 28.3 Å². The van der Waals surface area contributed by atoms with E-state index in [-0.39, 0.29) is 5.54 Å². The fraction of sp³-hybridized carbons (Fsp3) is 0.0652. The molecule has 8 aromatic carbocycles. The number of guanidine groups is 1. The van der Waals surface area contributed by atoms with E-state index in [1.807, 2.05) is 0 Å². The van der Waals surface area contributed by atoms with Crippen molar-refractivity contribution in [1.29, 1.82) is 0 Å². The lowest BCUT2D eigenvalue weighted by molar-refractivity contribution is 0.544. The first-order chi connectivity index (χ1) is 24.1. The second-order valence-corrected chi connectivity index (χ2v) is 13.6. The molecular weight excluding hydrogens is 595 g/mol. The first-order valence-corrected chi connectivity index (χ1v) is 17.0. The number of fused-ring (bicyclic) bond motifs is 7. The number of hydrogen-bond donors (Lipinski definition) is 0. The molecule has 49 heavy (non-hydrogen) atoms. The van der Waals surface area contributed by atoms with Crippen LogP contribution in [0.2, 0.25) is 0 Å². The van der Waals surface area contributed by atoms with Crippen LogP contribution in [-0.4, -0.2) is 5.96 Å². The summed E-state index contributed by atoms with van der Waals surface area (Å²) in [5, 5.41) is 7.38. The first-order valence-electron chi connectivity index (χ1n) is 17.0. The van der Waals surface area contributed by atoms with Crippen molar-refractivity contribution >= 4 is 61.0 Å². The summed E-state index contributed by atoms with van der Waals surface area (Å²) in [4.78, 5) is 10.2. The van der Waals surface area contributed by atoms with E-state index in [4.69, 9.17) is 4.99 Å². The van der Waals surface area contributed by atoms with Gasteiger partial charge in [-0.15, -0.1) is 0 Å². The Morgan fingerprint density at radius 2 is 1.02 bits per heavy atom. The lowest BCUT2D eigenvalue weighted by Crippen LogP contribution is -2.49. The van der Waals surface area contributed by atoms with Crippen molar-refractivity contribution in [2.45, 2.75) is 19.4 Å². The molecule has 3 heteroatoms. The van der Waals surface area contributed by atoms with Gasteiger partial charge >= 0.3 is 0 Å². The summed E-state index contributed by atoms with van der Waals surface area (Å²) in [5.41, 5.74) is 10.4. The van der Waals surface area contributed by atoms with Gasteiger partial charge in [0.25, 0.3) is 0 Å². The molecule has 0 spiro atoms. The molecule has 0 unspecified atom stereocenters. The highest BCUT2D eigenvalue weighted by molar-refractivity contribution is 6.31. The summed E-state index contributed by atoms with van der Waals surface area (Å²) >= 11 is 0. The Kier molecular flexibility index (Phi) is 5.92. The van der Waals surface area contributed by atoms with Crippen LogP contribution in [0.5, 0.6) is 0 Å². The van der Waals surface area contributed by atoms with Gasteiger partial charge in [-0.05, 0) is 75.8 Å². The molecule has 0 aromatic heterocycles. The molecule has 0 N–H and O–H groups in total. The number of nitrogens with zero attached hydrogens (tertiary/aromatic N) is 3. The lowest BCUT2D eigenvalue weighted by Gasteiger charge is -2.42. The van der Waals surface area contributed by atoms with Crippen molar-refractivity contribution < 1.29 is 0 Å². The van der Waals surface area contributed by atoms with Crippen LogP contribution in [0.4, 0.5) is 22.7 Å². The highest BCUT2D eigenvalue weighted by Gasteiger charge is 2.46. The van der Waals surface area contributed by atoms with Crippen molar-refractivity contribution in [2.24, 2.45) is 4.99 Å². The molecule has 0 amide bonds. The van der Waals surface area contributed by atoms with Gasteiger partial charge in [0, 0.05) is 16.3 Å². The van der Waals surface area contributed by atoms with Crippen molar-refractivity contribution in [3.63, 3.8) is 0 Å². The van der Waals surface area contributed by atoms with Crippen molar-refractivity contribution in [1.82, 2.24) is 0 Å². The average molecular weight is 628 g/mol. The predicted octanol–water partition coefficient (Wildman–Crippen LogP) is 12.4. The van der Waals surface area contributed by atoms with Crippen LogP contribution in [0.15, 0.2) is 169 Å².